The maximum absolute atomic E-state index is 13.9. The van der Waals surface area contributed by atoms with E-state index >= 15 is 0 Å². The van der Waals surface area contributed by atoms with Gasteiger partial charge >= 0.3 is 0 Å². The first-order chi connectivity index (χ1) is 17.8. The van der Waals surface area contributed by atoms with E-state index in [1.807, 2.05) is 0 Å². The summed E-state index contributed by atoms with van der Waals surface area (Å²) in [5, 5.41) is 5.32. The lowest BCUT2D eigenvalue weighted by atomic mass is 9.84. The molecule has 2 aromatic rings. The molecule has 1 aliphatic carbocycles. The van der Waals surface area contributed by atoms with Crippen LogP contribution in [0.5, 0.6) is 11.5 Å². The smallest absolute Gasteiger partial charge is 0.245 e. The van der Waals surface area contributed by atoms with Crippen molar-refractivity contribution in [1.29, 1.82) is 0 Å². The van der Waals surface area contributed by atoms with Crippen LogP contribution in [0.3, 0.4) is 0 Å². The van der Waals surface area contributed by atoms with E-state index in [2.05, 4.69) is 15.6 Å². The Labute approximate surface area is 215 Å². The lowest BCUT2D eigenvalue weighted by Crippen LogP contribution is -2.42. The number of nitrogens with one attached hydrogen (secondary N) is 2. The fraction of sp³-hybridized carbons (Fsp3) is 0.444. The molecule has 0 radical (unpaired) electrons. The Morgan fingerprint density at radius 1 is 1.00 bits per heavy atom. The highest BCUT2D eigenvalue weighted by atomic mass is 19.1. The van der Waals surface area contributed by atoms with E-state index in [1.165, 1.54) is 44.9 Å². The Morgan fingerprint density at radius 3 is 2.38 bits per heavy atom. The van der Waals surface area contributed by atoms with Crippen molar-refractivity contribution >= 4 is 17.8 Å². The van der Waals surface area contributed by atoms with Crippen molar-refractivity contribution < 1.29 is 27.8 Å². The largest absolute Gasteiger partial charge is 0.494 e. The highest BCUT2D eigenvalue weighted by molar-refractivity contribution is 5.98. The molecule has 0 heterocycles. The lowest BCUT2D eigenvalue weighted by molar-refractivity contribution is -0.123. The number of hydrogen-bond acceptors (Lipinski definition) is 5. The van der Waals surface area contributed by atoms with Crippen LogP contribution in [0.1, 0.15) is 49.7 Å². The van der Waals surface area contributed by atoms with Gasteiger partial charge in [-0.15, -0.1) is 0 Å². The summed E-state index contributed by atoms with van der Waals surface area (Å²) in [5.74, 6) is -1.57. The van der Waals surface area contributed by atoms with Crippen molar-refractivity contribution in [3.63, 3.8) is 0 Å². The molecule has 200 valence electrons. The molecule has 1 saturated carbocycles. The van der Waals surface area contributed by atoms with Crippen LogP contribution in [0, 0.1) is 17.6 Å². The van der Waals surface area contributed by atoms with Crippen molar-refractivity contribution in [2.45, 2.75) is 57.5 Å². The Hall–Kier alpha value is -3.69. The van der Waals surface area contributed by atoms with Crippen LogP contribution < -0.4 is 25.8 Å². The molecular formula is C27H34F2N4O4. The number of halogens is 2. The van der Waals surface area contributed by atoms with Crippen LogP contribution in [0.4, 0.5) is 8.78 Å². The van der Waals surface area contributed by atoms with Crippen molar-refractivity contribution in [2.75, 3.05) is 14.2 Å². The molecule has 2 amide bonds. The van der Waals surface area contributed by atoms with Gasteiger partial charge in [-0.3, -0.25) is 14.9 Å². The highest BCUT2D eigenvalue weighted by Gasteiger charge is 2.25. The number of carbonyl (C=O) groups excluding carboxylic acids is 2. The zero-order valence-electron chi connectivity index (χ0n) is 21.2. The van der Waals surface area contributed by atoms with Gasteiger partial charge in [0.15, 0.2) is 29.1 Å². The predicted molar refractivity (Wildman–Crippen MR) is 136 cm³/mol. The maximum atomic E-state index is 13.9. The first kappa shape index (κ1) is 27.9. The van der Waals surface area contributed by atoms with Crippen LogP contribution in [0.2, 0.25) is 0 Å². The van der Waals surface area contributed by atoms with Crippen molar-refractivity contribution in [2.24, 2.45) is 16.6 Å². The average molecular weight is 517 g/mol. The maximum Gasteiger partial charge on any atom is 0.245 e. The lowest BCUT2D eigenvalue weighted by Gasteiger charge is -2.24. The average Bonchev–Trinajstić information content (AvgIpc) is 2.88. The number of methoxy groups -OCH3 is 2. The van der Waals surface area contributed by atoms with Crippen molar-refractivity contribution in [1.82, 2.24) is 10.6 Å². The molecule has 0 saturated heterocycles. The molecule has 10 heteroatoms. The third-order valence-electron chi connectivity index (χ3n) is 6.41. The Kier molecular flexibility index (Phi) is 10.2. The van der Waals surface area contributed by atoms with Crippen molar-refractivity contribution in [3.8, 4) is 11.5 Å². The summed E-state index contributed by atoms with van der Waals surface area (Å²) >= 11 is 0. The summed E-state index contributed by atoms with van der Waals surface area (Å²) in [6, 6.07) is 7.80. The minimum atomic E-state index is -0.802. The van der Waals surface area contributed by atoms with E-state index in [-0.39, 0.29) is 36.3 Å². The molecule has 0 aromatic heterocycles. The van der Waals surface area contributed by atoms with Gasteiger partial charge < -0.3 is 20.5 Å². The zero-order valence-corrected chi connectivity index (χ0v) is 21.2. The highest BCUT2D eigenvalue weighted by Crippen LogP contribution is 2.28. The fourth-order valence-electron chi connectivity index (χ4n) is 4.47. The Balaban J connectivity index is 1.66. The molecule has 1 aliphatic rings. The SMILES string of the molecule is COc1ccc(CC(=O)NC(N)=NC(CC2CCCCC2)C(=O)NCc2ccc(F)c(OC)c2)cc1F. The Morgan fingerprint density at radius 2 is 1.70 bits per heavy atom. The molecule has 0 spiro atoms. The van der Waals surface area contributed by atoms with Gasteiger partial charge in [0.1, 0.15) is 6.04 Å². The summed E-state index contributed by atoms with van der Waals surface area (Å²) < 4.78 is 37.5. The molecular weight excluding hydrogens is 482 g/mol. The molecule has 3 rings (SSSR count). The van der Waals surface area contributed by atoms with E-state index in [9.17, 15) is 18.4 Å². The van der Waals surface area contributed by atoms with Crippen LogP contribution in [-0.4, -0.2) is 38.0 Å². The molecule has 1 fully saturated rings. The molecule has 4 N–H and O–H groups in total. The third-order valence-corrected chi connectivity index (χ3v) is 6.41. The van der Waals surface area contributed by atoms with Gasteiger partial charge in [-0.1, -0.05) is 44.2 Å². The second-order valence-corrected chi connectivity index (χ2v) is 9.15. The van der Waals surface area contributed by atoms with Crippen LogP contribution in [0.15, 0.2) is 41.4 Å². The molecule has 0 aliphatic heterocycles. The van der Waals surface area contributed by atoms with E-state index in [4.69, 9.17) is 15.2 Å². The van der Waals surface area contributed by atoms with Gasteiger partial charge in [-0.25, -0.2) is 13.8 Å². The van der Waals surface area contributed by atoms with Crippen molar-refractivity contribution in [3.05, 3.63) is 59.2 Å². The molecule has 1 unspecified atom stereocenters. The Bertz CT molecular complexity index is 1120. The number of nitrogens with two attached hydrogens (primary N) is 1. The summed E-state index contributed by atoms with van der Waals surface area (Å²) in [5.41, 5.74) is 7.10. The number of hydrogen-bond donors (Lipinski definition) is 3. The molecule has 8 nitrogen and oxygen atoms in total. The van der Waals surface area contributed by atoms with Crippen LogP contribution >= 0.6 is 0 Å². The molecule has 2 aromatic carbocycles. The summed E-state index contributed by atoms with van der Waals surface area (Å²) in [6.07, 6.45) is 5.76. The van der Waals surface area contributed by atoms with Crippen LogP contribution in [-0.2, 0) is 22.6 Å². The predicted octanol–water partition coefficient (Wildman–Crippen LogP) is 3.61. The zero-order chi connectivity index (χ0) is 26.8. The summed E-state index contributed by atoms with van der Waals surface area (Å²) in [7, 11) is 2.73. The second kappa shape index (κ2) is 13.6. The number of amides is 2. The van der Waals surface area contributed by atoms with Gasteiger partial charge in [0, 0.05) is 6.54 Å². The quantitative estimate of drug-likeness (QED) is 0.330. The number of benzene rings is 2. The molecule has 1 atom stereocenters. The molecule has 0 bridgehead atoms. The van der Waals surface area contributed by atoms with E-state index in [1.54, 1.807) is 12.1 Å². The third kappa shape index (κ3) is 8.44. The number of rotatable bonds is 10. The topological polar surface area (TPSA) is 115 Å². The van der Waals surface area contributed by atoms with Gasteiger partial charge in [-0.05, 0) is 47.7 Å². The standard InChI is InChI=1S/C27H34F2N4O4/c1-36-23-11-9-18(12-21(23)29)15-25(34)33-27(30)32-22(13-17-6-4-3-5-7-17)26(35)31-16-19-8-10-20(28)24(14-19)37-2/h8-12,14,17,22H,3-7,13,15-16H2,1-2H3,(H,31,35)(H3,30,32,33,34). The minimum Gasteiger partial charge on any atom is -0.494 e. The number of guanidine groups is 1. The first-order valence-corrected chi connectivity index (χ1v) is 12.3. The summed E-state index contributed by atoms with van der Waals surface area (Å²) in [4.78, 5) is 29.9. The minimum absolute atomic E-state index is 0.0842. The first-order valence-electron chi connectivity index (χ1n) is 12.3. The normalized spacial score (nSPS) is 15.1. The van der Waals surface area contributed by atoms with E-state index < -0.39 is 23.6 Å². The number of nitrogens with zero attached hydrogens (tertiary/aromatic N) is 1. The van der Waals surface area contributed by atoms with Gasteiger partial charge in [0.2, 0.25) is 11.8 Å². The van der Waals surface area contributed by atoms with E-state index in [0.29, 0.717) is 23.5 Å². The summed E-state index contributed by atoms with van der Waals surface area (Å²) in [6.45, 7) is 0.154. The van der Waals surface area contributed by atoms with Gasteiger partial charge in [0.25, 0.3) is 0 Å². The number of aliphatic imine (C=N–C) groups is 1. The number of ether oxygens (including phenoxy) is 2. The van der Waals surface area contributed by atoms with Gasteiger partial charge in [0.05, 0.1) is 20.6 Å². The molecule has 37 heavy (non-hydrogen) atoms. The van der Waals surface area contributed by atoms with Gasteiger partial charge in [-0.2, -0.15) is 0 Å². The fourth-order valence-corrected chi connectivity index (χ4v) is 4.47. The van der Waals surface area contributed by atoms with E-state index in [0.717, 1.165) is 25.7 Å². The van der Waals surface area contributed by atoms with Crippen LogP contribution in [0.25, 0.3) is 0 Å². The number of carbonyl (C=O) groups is 2. The monoisotopic (exact) mass is 516 g/mol. The second-order valence-electron chi connectivity index (χ2n) is 9.15.